The van der Waals surface area contributed by atoms with Crippen molar-refractivity contribution in [3.63, 3.8) is 0 Å². The molecule has 2 N–H and O–H groups in total. The molecule has 27 heavy (non-hydrogen) atoms. The van der Waals surface area contributed by atoms with Crippen LogP contribution in [0, 0.1) is 5.92 Å². The number of hydrogen-bond donors (Lipinski definition) is 2. The first kappa shape index (κ1) is 21.6. The number of imidazole rings is 1. The fraction of sp³-hybridized carbons (Fsp3) is 0.526. The van der Waals surface area contributed by atoms with Crippen molar-refractivity contribution in [1.82, 2.24) is 30.1 Å². The normalized spacial score (nSPS) is 20.6. The van der Waals surface area contributed by atoms with E-state index < -0.39 is 0 Å². The highest BCUT2D eigenvalue weighted by Crippen LogP contribution is 2.18. The van der Waals surface area contributed by atoms with Gasteiger partial charge in [-0.2, -0.15) is 0 Å². The number of likely N-dealkylation sites (tertiary alicyclic amines) is 1. The van der Waals surface area contributed by atoms with E-state index in [1.54, 1.807) is 18.7 Å². The molecule has 3 rings (SSSR count). The quantitative estimate of drug-likeness (QED) is 0.388. The maximum absolute atomic E-state index is 4.49. The van der Waals surface area contributed by atoms with Gasteiger partial charge in [0, 0.05) is 62.9 Å². The van der Waals surface area contributed by atoms with Gasteiger partial charge in [0.25, 0.3) is 0 Å². The summed E-state index contributed by atoms with van der Waals surface area (Å²) < 4.78 is 1.92. The van der Waals surface area contributed by atoms with Crippen molar-refractivity contribution in [1.29, 1.82) is 0 Å². The Kier molecular flexibility index (Phi) is 8.03. The second-order valence-electron chi connectivity index (χ2n) is 7.16. The Hall–Kier alpha value is -1.68. The molecular formula is C19H30IN7. The zero-order valence-corrected chi connectivity index (χ0v) is 18.8. The minimum atomic E-state index is 0. The third-order valence-electron chi connectivity index (χ3n) is 4.98. The summed E-state index contributed by atoms with van der Waals surface area (Å²) in [4.78, 5) is 15.5. The number of halogens is 1. The average molecular weight is 483 g/mol. The molecule has 0 aliphatic carbocycles. The summed E-state index contributed by atoms with van der Waals surface area (Å²) in [7, 11) is 1.81. The number of rotatable bonds is 5. The number of guanidine groups is 1. The Balaban J connectivity index is 0.00000261. The van der Waals surface area contributed by atoms with E-state index in [1.807, 2.05) is 23.9 Å². The summed E-state index contributed by atoms with van der Waals surface area (Å²) in [5, 5.41) is 7.01. The van der Waals surface area contributed by atoms with Crippen LogP contribution in [-0.4, -0.2) is 57.6 Å². The molecule has 7 nitrogen and oxygen atoms in total. The van der Waals surface area contributed by atoms with Gasteiger partial charge in [-0.05, 0) is 25.8 Å². The maximum atomic E-state index is 4.49. The molecule has 1 aliphatic heterocycles. The van der Waals surface area contributed by atoms with Crippen molar-refractivity contribution in [2.45, 2.75) is 39.4 Å². The Morgan fingerprint density at radius 2 is 2.15 bits per heavy atom. The van der Waals surface area contributed by atoms with Crippen LogP contribution in [0.2, 0.25) is 0 Å². The highest BCUT2D eigenvalue weighted by Gasteiger charge is 2.31. The van der Waals surface area contributed by atoms with Gasteiger partial charge in [0.1, 0.15) is 12.1 Å². The monoisotopic (exact) mass is 483 g/mol. The molecule has 2 aromatic heterocycles. The van der Waals surface area contributed by atoms with Crippen LogP contribution in [-0.2, 0) is 6.54 Å². The first-order valence-corrected chi connectivity index (χ1v) is 9.22. The number of aromatic nitrogens is 3. The van der Waals surface area contributed by atoms with Gasteiger partial charge in [-0.1, -0.05) is 13.0 Å². The van der Waals surface area contributed by atoms with Gasteiger partial charge in [0.05, 0.1) is 0 Å². The molecule has 2 unspecified atom stereocenters. The van der Waals surface area contributed by atoms with Crippen molar-refractivity contribution in [2.75, 3.05) is 20.1 Å². The third kappa shape index (κ3) is 5.41. The molecule has 1 saturated heterocycles. The van der Waals surface area contributed by atoms with Crippen molar-refractivity contribution in [3.05, 3.63) is 42.6 Å². The van der Waals surface area contributed by atoms with E-state index in [9.17, 15) is 0 Å². The summed E-state index contributed by atoms with van der Waals surface area (Å²) in [5.41, 5.74) is 1.09. The molecule has 148 valence electrons. The number of aliphatic imine (C=N–C) groups is 1. The summed E-state index contributed by atoms with van der Waals surface area (Å²) >= 11 is 0. The molecule has 0 saturated carbocycles. The second kappa shape index (κ2) is 10.0. The standard InChI is InChI=1S/C19H29N7.HI/c1-14(2)26-11-15(3)17(12-26)24-19(20-4)23-10-16-6-5-7-22-18(16)25-9-8-21-13-25;/h5-9,13-15,17H,10-12H2,1-4H3,(H2,20,23,24);1H. The smallest absolute Gasteiger partial charge is 0.191 e. The summed E-state index contributed by atoms with van der Waals surface area (Å²) in [6.07, 6.45) is 7.22. The Labute approximate surface area is 178 Å². The fourth-order valence-corrected chi connectivity index (χ4v) is 3.35. The van der Waals surface area contributed by atoms with Crippen LogP contribution >= 0.6 is 24.0 Å². The van der Waals surface area contributed by atoms with Crippen molar-refractivity contribution >= 4 is 29.9 Å². The number of nitrogens with zero attached hydrogens (tertiary/aromatic N) is 5. The van der Waals surface area contributed by atoms with Crippen molar-refractivity contribution < 1.29 is 0 Å². The summed E-state index contributed by atoms with van der Waals surface area (Å²) in [5.74, 6) is 2.30. The second-order valence-corrected chi connectivity index (χ2v) is 7.16. The molecule has 0 spiro atoms. The molecule has 0 aromatic carbocycles. The molecule has 0 amide bonds. The first-order chi connectivity index (χ1) is 12.6. The largest absolute Gasteiger partial charge is 0.352 e. The third-order valence-corrected chi connectivity index (χ3v) is 4.98. The van der Waals surface area contributed by atoms with E-state index in [2.05, 4.69) is 57.3 Å². The zero-order chi connectivity index (χ0) is 18.5. The van der Waals surface area contributed by atoms with Gasteiger partial charge in [0.15, 0.2) is 5.96 Å². The van der Waals surface area contributed by atoms with Gasteiger partial charge < -0.3 is 10.6 Å². The summed E-state index contributed by atoms with van der Waals surface area (Å²) in [6.45, 7) is 9.62. The van der Waals surface area contributed by atoms with Crippen molar-refractivity contribution in [3.8, 4) is 5.82 Å². The molecule has 1 fully saturated rings. The van der Waals surface area contributed by atoms with Crippen LogP contribution in [0.1, 0.15) is 26.3 Å². The van der Waals surface area contributed by atoms with E-state index in [0.29, 0.717) is 24.5 Å². The topological polar surface area (TPSA) is 70.4 Å². The van der Waals surface area contributed by atoms with Crippen LogP contribution in [0.5, 0.6) is 0 Å². The Bertz CT molecular complexity index is 729. The minimum Gasteiger partial charge on any atom is -0.352 e. The predicted octanol–water partition coefficient (Wildman–Crippen LogP) is 2.28. The maximum Gasteiger partial charge on any atom is 0.191 e. The molecular weight excluding hydrogens is 453 g/mol. The first-order valence-electron chi connectivity index (χ1n) is 9.22. The SMILES string of the molecule is CN=C(NCc1cccnc1-n1ccnc1)NC1CN(C(C)C)CC1C.I. The highest BCUT2D eigenvalue weighted by atomic mass is 127. The van der Waals surface area contributed by atoms with Crippen LogP contribution < -0.4 is 10.6 Å². The number of hydrogen-bond acceptors (Lipinski definition) is 4. The zero-order valence-electron chi connectivity index (χ0n) is 16.5. The van der Waals surface area contributed by atoms with Gasteiger partial charge in [-0.3, -0.25) is 14.5 Å². The molecule has 8 heteroatoms. The minimum absolute atomic E-state index is 0. The van der Waals surface area contributed by atoms with E-state index in [4.69, 9.17) is 0 Å². The molecule has 2 atom stereocenters. The predicted molar refractivity (Wildman–Crippen MR) is 120 cm³/mol. The van der Waals surface area contributed by atoms with Crippen LogP contribution in [0.4, 0.5) is 0 Å². The van der Waals surface area contributed by atoms with Crippen LogP contribution in [0.25, 0.3) is 5.82 Å². The Morgan fingerprint density at radius 3 is 2.78 bits per heavy atom. The van der Waals surface area contributed by atoms with E-state index in [-0.39, 0.29) is 24.0 Å². The molecule has 1 aliphatic rings. The van der Waals surface area contributed by atoms with Gasteiger partial charge in [-0.25, -0.2) is 9.97 Å². The van der Waals surface area contributed by atoms with Crippen LogP contribution in [0.3, 0.4) is 0 Å². The Morgan fingerprint density at radius 1 is 1.33 bits per heavy atom. The molecule has 0 radical (unpaired) electrons. The lowest BCUT2D eigenvalue weighted by molar-refractivity contribution is 0.265. The highest BCUT2D eigenvalue weighted by molar-refractivity contribution is 14.0. The molecule has 2 aromatic rings. The summed E-state index contributed by atoms with van der Waals surface area (Å²) in [6, 6.07) is 5.01. The number of nitrogens with one attached hydrogen (secondary N) is 2. The van der Waals surface area contributed by atoms with E-state index in [1.165, 1.54) is 0 Å². The fourth-order valence-electron chi connectivity index (χ4n) is 3.35. The number of pyridine rings is 1. The van der Waals surface area contributed by atoms with Gasteiger partial charge in [-0.15, -0.1) is 24.0 Å². The van der Waals surface area contributed by atoms with Gasteiger partial charge >= 0.3 is 0 Å². The van der Waals surface area contributed by atoms with Crippen molar-refractivity contribution in [2.24, 2.45) is 10.9 Å². The molecule has 0 bridgehead atoms. The lowest BCUT2D eigenvalue weighted by Gasteiger charge is -2.22. The van der Waals surface area contributed by atoms with Gasteiger partial charge in [0.2, 0.25) is 0 Å². The van der Waals surface area contributed by atoms with E-state index >= 15 is 0 Å². The lowest BCUT2D eigenvalue weighted by atomic mass is 10.1. The lowest BCUT2D eigenvalue weighted by Crippen LogP contribution is -2.46. The average Bonchev–Trinajstić information content (AvgIpc) is 3.29. The van der Waals surface area contributed by atoms with E-state index in [0.717, 1.165) is 30.4 Å². The molecule has 3 heterocycles. The van der Waals surface area contributed by atoms with Crippen LogP contribution in [0.15, 0.2) is 42.0 Å².